The topological polar surface area (TPSA) is 81.4 Å². The molecule has 0 atom stereocenters. The summed E-state index contributed by atoms with van der Waals surface area (Å²) < 4.78 is 31.9. The fourth-order valence-electron chi connectivity index (χ4n) is 1.69. The van der Waals surface area contributed by atoms with Crippen molar-refractivity contribution in [1.82, 2.24) is 4.72 Å². The molecule has 0 fully saturated rings. The number of nitrogen functional groups attached to an aromatic ring is 1. The SMILES string of the molecule is COc1ccc(CNS(=O)(=O)c2ccc(Cl)c(N)c2)cc1. The average Bonchev–Trinajstić information content (AvgIpc) is 2.48. The Morgan fingerprint density at radius 1 is 1.19 bits per heavy atom. The Labute approximate surface area is 128 Å². The Bertz CT molecular complexity index is 730. The smallest absolute Gasteiger partial charge is 0.240 e. The molecule has 0 aliphatic carbocycles. The van der Waals surface area contributed by atoms with Crippen LogP contribution >= 0.6 is 11.6 Å². The number of hydrogen-bond acceptors (Lipinski definition) is 4. The van der Waals surface area contributed by atoms with E-state index in [1.165, 1.54) is 18.2 Å². The molecule has 0 aromatic heterocycles. The number of ether oxygens (including phenoxy) is 1. The van der Waals surface area contributed by atoms with Crippen LogP contribution in [-0.4, -0.2) is 15.5 Å². The molecule has 0 saturated carbocycles. The highest BCUT2D eigenvalue weighted by atomic mass is 35.5. The highest BCUT2D eigenvalue weighted by Gasteiger charge is 2.14. The third-order valence-electron chi connectivity index (χ3n) is 2.90. The predicted octanol–water partition coefficient (Wildman–Crippen LogP) is 2.41. The maximum absolute atomic E-state index is 12.2. The summed E-state index contributed by atoms with van der Waals surface area (Å²) in [6, 6.07) is 11.3. The molecule has 0 heterocycles. The molecular weight excluding hydrogens is 312 g/mol. The molecule has 112 valence electrons. The molecule has 0 radical (unpaired) electrons. The lowest BCUT2D eigenvalue weighted by atomic mass is 10.2. The lowest BCUT2D eigenvalue weighted by Crippen LogP contribution is -2.23. The van der Waals surface area contributed by atoms with E-state index in [0.29, 0.717) is 10.8 Å². The molecule has 21 heavy (non-hydrogen) atoms. The van der Waals surface area contributed by atoms with Gasteiger partial charge in [-0.05, 0) is 35.9 Å². The molecule has 0 saturated heterocycles. The molecule has 5 nitrogen and oxygen atoms in total. The van der Waals surface area contributed by atoms with Crippen LogP contribution in [0.4, 0.5) is 5.69 Å². The molecule has 7 heteroatoms. The Morgan fingerprint density at radius 3 is 2.43 bits per heavy atom. The molecule has 2 aromatic carbocycles. The van der Waals surface area contributed by atoms with Crippen LogP contribution in [0, 0.1) is 0 Å². The van der Waals surface area contributed by atoms with E-state index in [0.717, 1.165) is 5.56 Å². The number of nitrogens with one attached hydrogen (secondary N) is 1. The standard InChI is InChI=1S/C14H15ClN2O3S/c1-20-11-4-2-10(3-5-11)9-17-21(18,19)12-6-7-13(15)14(16)8-12/h2-8,17H,9,16H2,1H3. The molecule has 2 rings (SSSR count). The molecule has 0 unspecified atom stereocenters. The van der Waals surface area contributed by atoms with Gasteiger partial charge < -0.3 is 10.5 Å². The first-order chi connectivity index (χ1) is 9.92. The zero-order chi connectivity index (χ0) is 15.5. The number of halogens is 1. The van der Waals surface area contributed by atoms with Gasteiger partial charge >= 0.3 is 0 Å². The van der Waals surface area contributed by atoms with Crippen LogP contribution in [-0.2, 0) is 16.6 Å². The monoisotopic (exact) mass is 326 g/mol. The number of benzene rings is 2. The maximum Gasteiger partial charge on any atom is 0.240 e. The third kappa shape index (κ3) is 3.87. The normalized spacial score (nSPS) is 11.3. The summed E-state index contributed by atoms with van der Waals surface area (Å²) in [6.07, 6.45) is 0. The highest BCUT2D eigenvalue weighted by molar-refractivity contribution is 7.89. The van der Waals surface area contributed by atoms with E-state index in [2.05, 4.69) is 4.72 Å². The van der Waals surface area contributed by atoms with Crippen LogP contribution in [0.15, 0.2) is 47.4 Å². The van der Waals surface area contributed by atoms with E-state index in [4.69, 9.17) is 22.1 Å². The van der Waals surface area contributed by atoms with Gasteiger partial charge in [0, 0.05) is 6.54 Å². The zero-order valence-electron chi connectivity index (χ0n) is 11.3. The van der Waals surface area contributed by atoms with E-state index >= 15 is 0 Å². The third-order valence-corrected chi connectivity index (χ3v) is 4.65. The first kappa shape index (κ1) is 15.6. The van der Waals surface area contributed by atoms with Crippen molar-refractivity contribution < 1.29 is 13.2 Å². The van der Waals surface area contributed by atoms with Crippen molar-refractivity contribution in [3.05, 3.63) is 53.1 Å². The van der Waals surface area contributed by atoms with Gasteiger partial charge in [0.2, 0.25) is 10.0 Å². The molecule has 0 aliphatic rings. The van der Waals surface area contributed by atoms with E-state index in [-0.39, 0.29) is 17.1 Å². The minimum atomic E-state index is -3.63. The number of sulfonamides is 1. The van der Waals surface area contributed by atoms with Gasteiger partial charge in [-0.3, -0.25) is 0 Å². The molecule has 0 aliphatic heterocycles. The van der Waals surface area contributed by atoms with Crippen molar-refractivity contribution in [2.24, 2.45) is 0 Å². The number of nitrogens with two attached hydrogens (primary N) is 1. The van der Waals surface area contributed by atoms with E-state index in [9.17, 15) is 8.42 Å². The molecule has 0 spiro atoms. The molecule has 0 bridgehead atoms. The van der Waals surface area contributed by atoms with Gasteiger partial charge in [0.25, 0.3) is 0 Å². The quantitative estimate of drug-likeness (QED) is 0.827. The maximum atomic E-state index is 12.2. The van der Waals surface area contributed by atoms with Crippen molar-refractivity contribution in [3.8, 4) is 5.75 Å². The fourth-order valence-corrected chi connectivity index (χ4v) is 2.86. The summed E-state index contributed by atoms with van der Waals surface area (Å²) in [5.41, 5.74) is 6.67. The van der Waals surface area contributed by atoms with Crippen LogP contribution in [0.1, 0.15) is 5.56 Å². The largest absolute Gasteiger partial charge is 0.497 e. The van der Waals surface area contributed by atoms with Crippen molar-refractivity contribution in [2.75, 3.05) is 12.8 Å². The molecule has 0 amide bonds. The highest BCUT2D eigenvalue weighted by Crippen LogP contribution is 2.22. The lowest BCUT2D eigenvalue weighted by Gasteiger charge is -2.08. The Kier molecular flexibility index (Phi) is 4.72. The average molecular weight is 327 g/mol. The second-order valence-corrected chi connectivity index (χ2v) is 6.53. The predicted molar refractivity (Wildman–Crippen MR) is 82.9 cm³/mol. The van der Waals surface area contributed by atoms with E-state index in [1.54, 1.807) is 31.4 Å². The van der Waals surface area contributed by atoms with Gasteiger partial charge in [0.05, 0.1) is 22.7 Å². The second kappa shape index (κ2) is 6.34. The summed E-state index contributed by atoms with van der Waals surface area (Å²) in [4.78, 5) is 0.0814. The van der Waals surface area contributed by atoms with Crippen LogP contribution in [0.3, 0.4) is 0 Å². The zero-order valence-corrected chi connectivity index (χ0v) is 12.9. The van der Waals surface area contributed by atoms with Gasteiger partial charge in [-0.25, -0.2) is 13.1 Å². The minimum Gasteiger partial charge on any atom is -0.497 e. The lowest BCUT2D eigenvalue weighted by molar-refractivity contribution is 0.414. The van der Waals surface area contributed by atoms with Gasteiger partial charge in [-0.2, -0.15) is 0 Å². The Balaban J connectivity index is 2.11. The van der Waals surface area contributed by atoms with Crippen molar-refractivity contribution >= 4 is 27.3 Å². The Hall–Kier alpha value is -1.76. The van der Waals surface area contributed by atoms with Gasteiger partial charge in [0.1, 0.15) is 5.75 Å². The first-order valence-electron chi connectivity index (χ1n) is 6.10. The van der Waals surface area contributed by atoms with Crippen LogP contribution in [0.25, 0.3) is 0 Å². The van der Waals surface area contributed by atoms with Gasteiger partial charge in [0.15, 0.2) is 0 Å². The number of hydrogen-bond donors (Lipinski definition) is 2. The number of anilines is 1. The fraction of sp³-hybridized carbons (Fsp3) is 0.143. The Morgan fingerprint density at radius 2 is 1.86 bits per heavy atom. The minimum absolute atomic E-state index is 0.0814. The summed E-state index contributed by atoms with van der Waals surface area (Å²) in [5, 5.41) is 0.323. The summed E-state index contributed by atoms with van der Waals surface area (Å²) in [7, 11) is -2.06. The molecule has 3 N–H and O–H groups in total. The second-order valence-electron chi connectivity index (χ2n) is 4.36. The van der Waals surface area contributed by atoms with Crippen molar-refractivity contribution in [3.63, 3.8) is 0 Å². The van der Waals surface area contributed by atoms with E-state index < -0.39 is 10.0 Å². The molecule has 2 aromatic rings. The van der Waals surface area contributed by atoms with Gasteiger partial charge in [-0.1, -0.05) is 23.7 Å². The number of rotatable bonds is 5. The molecular formula is C14H15ClN2O3S. The van der Waals surface area contributed by atoms with Crippen molar-refractivity contribution in [1.29, 1.82) is 0 Å². The summed E-state index contributed by atoms with van der Waals surface area (Å²) in [6.45, 7) is 0.175. The van der Waals surface area contributed by atoms with Crippen LogP contribution in [0.2, 0.25) is 5.02 Å². The van der Waals surface area contributed by atoms with Gasteiger partial charge in [-0.15, -0.1) is 0 Å². The van der Waals surface area contributed by atoms with Crippen molar-refractivity contribution in [2.45, 2.75) is 11.4 Å². The summed E-state index contributed by atoms with van der Waals surface area (Å²) >= 11 is 5.78. The summed E-state index contributed by atoms with van der Waals surface area (Å²) in [5.74, 6) is 0.715. The van der Waals surface area contributed by atoms with Crippen LogP contribution in [0.5, 0.6) is 5.75 Å². The first-order valence-corrected chi connectivity index (χ1v) is 7.96. The number of methoxy groups -OCH3 is 1. The van der Waals surface area contributed by atoms with E-state index in [1.807, 2.05) is 0 Å². The van der Waals surface area contributed by atoms with Crippen LogP contribution < -0.4 is 15.2 Å².